The fraction of sp³-hybridized carbons (Fsp3) is 0.0667. The molecule has 0 amide bonds. The van der Waals surface area contributed by atoms with Crippen molar-refractivity contribution in [2.75, 3.05) is 4.72 Å². The van der Waals surface area contributed by atoms with Gasteiger partial charge in [0.25, 0.3) is 10.0 Å². The van der Waals surface area contributed by atoms with Crippen molar-refractivity contribution >= 4 is 38.3 Å². The molecule has 0 fully saturated rings. The number of sulfonamides is 1. The molecular formula is C15H14INO3S. The van der Waals surface area contributed by atoms with E-state index in [0.29, 0.717) is 11.3 Å². The fourth-order valence-corrected chi connectivity index (χ4v) is 3.14. The summed E-state index contributed by atoms with van der Waals surface area (Å²) in [6.07, 6.45) is 1.39. The summed E-state index contributed by atoms with van der Waals surface area (Å²) < 4.78 is 25.7. The van der Waals surface area contributed by atoms with E-state index in [9.17, 15) is 13.5 Å². The number of rotatable bonds is 5. The first-order valence-corrected chi connectivity index (χ1v) is 8.65. The molecule has 2 N–H and O–H groups in total. The lowest BCUT2D eigenvalue weighted by molar-refractivity contribution is 0.209. The topological polar surface area (TPSA) is 66.4 Å². The number of anilines is 1. The molecular weight excluding hydrogens is 401 g/mol. The molecule has 0 bridgehead atoms. The molecule has 110 valence electrons. The Morgan fingerprint density at radius 1 is 1.14 bits per heavy atom. The Kier molecular flexibility index (Phi) is 4.70. The van der Waals surface area contributed by atoms with Gasteiger partial charge in [0.1, 0.15) is 0 Å². The summed E-state index contributed by atoms with van der Waals surface area (Å²) in [5.74, 6) is 0. The van der Waals surface area contributed by atoms with Gasteiger partial charge in [0.2, 0.25) is 0 Å². The molecule has 21 heavy (non-hydrogen) atoms. The number of alkyl halides is 1. The molecule has 0 aromatic heterocycles. The van der Waals surface area contributed by atoms with E-state index in [0.717, 1.165) is 0 Å². The summed E-state index contributed by atoms with van der Waals surface area (Å²) >= 11 is 1.83. The molecule has 0 spiro atoms. The molecule has 2 rings (SSSR count). The molecule has 0 saturated carbocycles. The third kappa shape index (κ3) is 3.84. The maximum atomic E-state index is 12.2. The number of aliphatic hydroxyl groups is 1. The van der Waals surface area contributed by atoms with Gasteiger partial charge in [0.15, 0.2) is 3.61 Å². The average Bonchev–Trinajstić information content (AvgIpc) is 2.48. The third-order valence-electron chi connectivity index (χ3n) is 2.84. The summed E-state index contributed by atoms with van der Waals surface area (Å²) in [6.45, 7) is 3.56. The summed E-state index contributed by atoms with van der Waals surface area (Å²) in [5.41, 5.74) is 0.930. The van der Waals surface area contributed by atoms with Crippen LogP contribution in [-0.4, -0.2) is 13.5 Å². The smallest absolute Gasteiger partial charge is 0.261 e. The van der Waals surface area contributed by atoms with Gasteiger partial charge < -0.3 is 5.11 Å². The van der Waals surface area contributed by atoms with Gasteiger partial charge in [-0.2, -0.15) is 0 Å². The molecule has 0 saturated heterocycles. The molecule has 4 nitrogen and oxygen atoms in total. The minimum absolute atomic E-state index is 0.184. The second-order valence-corrected chi connectivity index (χ2v) is 7.70. The number of halogens is 1. The fourth-order valence-electron chi connectivity index (χ4n) is 1.73. The van der Waals surface area contributed by atoms with Crippen LogP contribution >= 0.6 is 22.6 Å². The van der Waals surface area contributed by atoms with E-state index >= 15 is 0 Å². The number of benzene rings is 2. The zero-order chi connectivity index (χ0) is 15.5. The SMILES string of the molecule is C=CC(O)(I)c1cccc(NS(=O)(=O)c2ccccc2)c1. The summed E-state index contributed by atoms with van der Waals surface area (Å²) in [5, 5.41) is 10.1. The van der Waals surface area contributed by atoms with Crippen molar-refractivity contribution in [1.29, 1.82) is 0 Å². The predicted molar refractivity (Wildman–Crippen MR) is 91.8 cm³/mol. The standard InChI is InChI=1S/C15H14INO3S/c1-2-15(16,18)12-7-6-8-13(11-12)17-21(19,20)14-9-4-3-5-10-14/h2-11,17-18H,1H2. The monoisotopic (exact) mass is 415 g/mol. The largest absolute Gasteiger partial charge is 0.372 e. The number of hydrogen-bond acceptors (Lipinski definition) is 3. The van der Waals surface area contributed by atoms with E-state index in [1.807, 2.05) is 22.6 Å². The molecule has 0 radical (unpaired) electrons. The van der Waals surface area contributed by atoms with Crippen molar-refractivity contribution in [3.63, 3.8) is 0 Å². The van der Waals surface area contributed by atoms with Crippen molar-refractivity contribution < 1.29 is 13.5 Å². The van der Waals surface area contributed by atoms with E-state index in [-0.39, 0.29) is 4.90 Å². The first-order chi connectivity index (χ1) is 9.85. The second-order valence-electron chi connectivity index (χ2n) is 4.38. The Morgan fingerprint density at radius 3 is 2.43 bits per heavy atom. The van der Waals surface area contributed by atoms with Crippen LogP contribution in [0.1, 0.15) is 5.56 Å². The summed E-state index contributed by atoms with van der Waals surface area (Å²) in [6, 6.07) is 14.7. The molecule has 0 aliphatic rings. The van der Waals surface area contributed by atoms with Crippen LogP contribution in [-0.2, 0) is 13.6 Å². The minimum Gasteiger partial charge on any atom is -0.372 e. The maximum absolute atomic E-state index is 12.2. The molecule has 0 heterocycles. The summed E-state index contributed by atoms with van der Waals surface area (Å²) in [4.78, 5) is 0.184. The third-order valence-corrected chi connectivity index (χ3v) is 5.30. The van der Waals surface area contributed by atoms with Crippen LogP contribution in [0.15, 0.2) is 72.1 Å². The van der Waals surface area contributed by atoms with Gasteiger partial charge in [-0.25, -0.2) is 8.42 Å². The molecule has 1 atom stereocenters. The van der Waals surface area contributed by atoms with Gasteiger partial charge in [0.05, 0.1) is 4.90 Å². The highest BCUT2D eigenvalue weighted by Gasteiger charge is 2.22. The molecule has 1 unspecified atom stereocenters. The van der Waals surface area contributed by atoms with Crippen molar-refractivity contribution in [2.45, 2.75) is 8.50 Å². The minimum atomic E-state index is -3.64. The second kappa shape index (κ2) is 6.17. The summed E-state index contributed by atoms with van der Waals surface area (Å²) in [7, 11) is -3.64. The van der Waals surface area contributed by atoms with E-state index < -0.39 is 13.6 Å². The molecule has 0 aliphatic heterocycles. The van der Waals surface area contributed by atoms with Gasteiger partial charge in [-0.05, 0) is 58.5 Å². The van der Waals surface area contributed by atoms with Crippen LogP contribution in [0.5, 0.6) is 0 Å². The first-order valence-electron chi connectivity index (χ1n) is 6.08. The molecule has 2 aromatic rings. The van der Waals surface area contributed by atoms with Crippen molar-refractivity contribution in [2.24, 2.45) is 0 Å². The first kappa shape index (κ1) is 16.0. The lowest BCUT2D eigenvalue weighted by Gasteiger charge is -2.18. The lowest BCUT2D eigenvalue weighted by atomic mass is 10.1. The Morgan fingerprint density at radius 2 is 1.81 bits per heavy atom. The van der Waals surface area contributed by atoms with Crippen molar-refractivity contribution in [1.82, 2.24) is 0 Å². The zero-order valence-electron chi connectivity index (χ0n) is 11.0. The highest BCUT2D eigenvalue weighted by atomic mass is 127. The van der Waals surface area contributed by atoms with Gasteiger partial charge in [-0.1, -0.05) is 36.9 Å². The normalized spacial score (nSPS) is 14.2. The Hall–Kier alpha value is -1.38. The van der Waals surface area contributed by atoms with Crippen LogP contribution in [0.4, 0.5) is 5.69 Å². The van der Waals surface area contributed by atoms with E-state index in [1.54, 1.807) is 42.5 Å². The highest BCUT2D eigenvalue weighted by Crippen LogP contribution is 2.31. The zero-order valence-corrected chi connectivity index (χ0v) is 14.0. The number of nitrogens with one attached hydrogen (secondary N) is 1. The highest BCUT2D eigenvalue weighted by molar-refractivity contribution is 14.1. The van der Waals surface area contributed by atoms with Crippen molar-refractivity contribution in [3.8, 4) is 0 Å². The van der Waals surface area contributed by atoms with Crippen LogP contribution in [0.25, 0.3) is 0 Å². The van der Waals surface area contributed by atoms with Gasteiger partial charge in [0, 0.05) is 5.69 Å². The molecule has 2 aromatic carbocycles. The average molecular weight is 415 g/mol. The van der Waals surface area contributed by atoms with Crippen LogP contribution in [0.3, 0.4) is 0 Å². The Bertz CT molecular complexity index is 743. The van der Waals surface area contributed by atoms with Crippen LogP contribution in [0, 0.1) is 0 Å². The molecule has 6 heteroatoms. The number of hydrogen-bond donors (Lipinski definition) is 2. The van der Waals surface area contributed by atoms with Gasteiger partial charge in [-0.15, -0.1) is 0 Å². The van der Waals surface area contributed by atoms with Crippen LogP contribution in [0.2, 0.25) is 0 Å². The van der Waals surface area contributed by atoms with Crippen LogP contribution < -0.4 is 4.72 Å². The Balaban J connectivity index is 2.33. The van der Waals surface area contributed by atoms with E-state index in [4.69, 9.17) is 0 Å². The molecule has 0 aliphatic carbocycles. The van der Waals surface area contributed by atoms with Gasteiger partial charge in [-0.3, -0.25) is 4.72 Å². The van der Waals surface area contributed by atoms with E-state index in [1.165, 1.54) is 18.2 Å². The van der Waals surface area contributed by atoms with Gasteiger partial charge >= 0.3 is 0 Å². The lowest BCUT2D eigenvalue weighted by Crippen LogP contribution is -2.15. The predicted octanol–water partition coefficient (Wildman–Crippen LogP) is 3.25. The van der Waals surface area contributed by atoms with E-state index in [2.05, 4.69) is 11.3 Å². The Labute approximate surface area is 137 Å². The van der Waals surface area contributed by atoms with Crippen molar-refractivity contribution in [3.05, 3.63) is 72.8 Å². The maximum Gasteiger partial charge on any atom is 0.261 e. The quantitative estimate of drug-likeness (QED) is 0.448.